The summed E-state index contributed by atoms with van der Waals surface area (Å²) in [6.45, 7) is 12.5. The molecule has 1 heterocycles. The van der Waals surface area contributed by atoms with Gasteiger partial charge in [0.1, 0.15) is 6.10 Å². The lowest BCUT2D eigenvalue weighted by Gasteiger charge is -2.45. The van der Waals surface area contributed by atoms with Crippen molar-refractivity contribution in [3.63, 3.8) is 0 Å². The fourth-order valence-electron chi connectivity index (χ4n) is 4.42. The summed E-state index contributed by atoms with van der Waals surface area (Å²) in [4.78, 5) is 0. The molecule has 0 radical (unpaired) electrons. The molecular weight excluding hydrogens is 426 g/mol. The van der Waals surface area contributed by atoms with Crippen molar-refractivity contribution in [1.29, 1.82) is 0 Å². The molecule has 0 bridgehead atoms. The average Bonchev–Trinajstić information content (AvgIpc) is 2.72. The lowest BCUT2D eigenvalue weighted by Crippen LogP contribution is -2.67. The van der Waals surface area contributed by atoms with Gasteiger partial charge < -0.3 is 4.43 Å². The number of nitrogens with one attached hydrogen (secondary N) is 1. The van der Waals surface area contributed by atoms with Crippen LogP contribution in [-0.2, 0) is 18.9 Å². The van der Waals surface area contributed by atoms with Gasteiger partial charge in [0.25, 0.3) is 8.32 Å². The fraction of sp³-hybridized carbons (Fsp3) is 0.417. The molecule has 1 aliphatic rings. The van der Waals surface area contributed by atoms with Gasteiger partial charge in [-0.25, -0.2) is 0 Å². The molecule has 31 heavy (non-hydrogen) atoms. The Morgan fingerprint density at radius 2 is 1.58 bits per heavy atom. The summed E-state index contributed by atoms with van der Waals surface area (Å²) in [5.41, 5.74) is 0. The second-order valence-electron chi connectivity index (χ2n) is 9.17. The molecule has 2 aromatic rings. The molecular formula is C24H33NO4SSi. The minimum atomic E-state index is -3.83. The van der Waals surface area contributed by atoms with E-state index in [0.29, 0.717) is 6.42 Å². The van der Waals surface area contributed by atoms with Crippen LogP contribution in [0.25, 0.3) is 0 Å². The molecule has 0 amide bonds. The van der Waals surface area contributed by atoms with E-state index in [1.54, 1.807) is 6.08 Å². The van der Waals surface area contributed by atoms with Crippen LogP contribution in [0.2, 0.25) is 5.04 Å². The summed E-state index contributed by atoms with van der Waals surface area (Å²) in [6, 6.07) is 20.3. The van der Waals surface area contributed by atoms with Crippen molar-refractivity contribution in [1.82, 2.24) is 4.72 Å². The topological polar surface area (TPSA) is 64.6 Å². The summed E-state index contributed by atoms with van der Waals surface area (Å²) < 4.78 is 39.6. The summed E-state index contributed by atoms with van der Waals surface area (Å²) >= 11 is 0. The third-order valence-electron chi connectivity index (χ3n) is 6.07. The zero-order chi connectivity index (χ0) is 22.7. The molecule has 1 aliphatic heterocycles. The highest BCUT2D eigenvalue weighted by molar-refractivity contribution is 7.84. The Labute approximate surface area is 187 Å². The maximum atomic E-state index is 12.3. The first-order valence-electron chi connectivity index (χ1n) is 10.7. The number of benzene rings is 2. The van der Waals surface area contributed by atoms with Crippen LogP contribution < -0.4 is 15.1 Å². The molecule has 0 spiro atoms. The summed E-state index contributed by atoms with van der Waals surface area (Å²) in [5.74, 6) is -0.0558. The Morgan fingerprint density at radius 1 is 1.06 bits per heavy atom. The van der Waals surface area contributed by atoms with E-state index in [-0.39, 0.29) is 23.6 Å². The fourth-order valence-corrected chi connectivity index (χ4v) is 10.3. The van der Waals surface area contributed by atoms with Gasteiger partial charge in [-0.2, -0.15) is 13.1 Å². The first-order chi connectivity index (χ1) is 14.6. The van der Waals surface area contributed by atoms with Crippen molar-refractivity contribution in [3.8, 4) is 0 Å². The molecule has 3 atom stereocenters. The third kappa shape index (κ3) is 5.01. The monoisotopic (exact) mass is 459 g/mol. The zero-order valence-corrected chi connectivity index (χ0v) is 20.6. The highest BCUT2D eigenvalue weighted by Gasteiger charge is 2.51. The Hall–Kier alpha value is -1.77. The van der Waals surface area contributed by atoms with Crippen LogP contribution in [-0.4, -0.2) is 35.5 Å². The van der Waals surface area contributed by atoms with Crippen molar-refractivity contribution < 1.29 is 17.0 Å². The smallest absolute Gasteiger partial charge is 0.336 e. The second kappa shape index (κ2) is 9.38. The van der Waals surface area contributed by atoms with E-state index in [1.165, 1.54) is 0 Å². The molecule has 5 nitrogen and oxygen atoms in total. The molecule has 0 aromatic heterocycles. The van der Waals surface area contributed by atoms with Gasteiger partial charge in [0.15, 0.2) is 0 Å². The largest absolute Gasteiger partial charge is 0.405 e. The molecule has 0 unspecified atom stereocenters. The van der Waals surface area contributed by atoms with E-state index in [9.17, 15) is 8.42 Å². The van der Waals surface area contributed by atoms with E-state index in [2.05, 4.69) is 56.3 Å². The van der Waals surface area contributed by atoms with Crippen LogP contribution in [0, 0.1) is 5.92 Å². The maximum Gasteiger partial charge on any atom is 0.336 e. The highest BCUT2D eigenvalue weighted by atomic mass is 32.2. The molecule has 1 saturated heterocycles. The SMILES string of the molecule is C=CC[C@H]1NS(=O)(=O)O[C@@H](CO[Si](c2ccccc2)(c2ccccc2)C(C)(C)C)[C@@H]1C. The first-order valence-corrected chi connectivity index (χ1v) is 14.0. The lowest BCUT2D eigenvalue weighted by molar-refractivity contribution is 0.0531. The van der Waals surface area contributed by atoms with E-state index < -0.39 is 24.7 Å². The van der Waals surface area contributed by atoms with Gasteiger partial charge in [-0.15, -0.1) is 6.58 Å². The molecule has 3 rings (SSSR count). The van der Waals surface area contributed by atoms with Gasteiger partial charge in [0, 0.05) is 12.0 Å². The van der Waals surface area contributed by atoms with Gasteiger partial charge in [-0.05, 0) is 21.8 Å². The van der Waals surface area contributed by atoms with Crippen LogP contribution in [0.3, 0.4) is 0 Å². The normalized spacial score (nSPS) is 23.9. The lowest BCUT2D eigenvalue weighted by atomic mass is 9.94. The van der Waals surface area contributed by atoms with Gasteiger partial charge in [-0.3, -0.25) is 4.18 Å². The summed E-state index contributed by atoms with van der Waals surface area (Å²) in [5, 5.41) is 2.12. The predicted molar refractivity (Wildman–Crippen MR) is 128 cm³/mol. The number of rotatable bonds is 7. The molecule has 7 heteroatoms. The van der Waals surface area contributed by atoms with Crippen molar-refractivity contribution in [2.45, 2.75) is 51.3 Å². The average molecular weight is 460 g/mol. The highest BCUT2D eigenvalue weighted by Crippen LogP contribution is 2.37. The molecule has 0 saturated carbocycles. The summed E-state index contributed by atoms with van der Waals surface area (Å²) in [6.07, 6.45) is 1.70. The maximum absolute atomic E-state index is 12.3. The molecule has 0 aliphatic carbocycles. The first kappa shape index (κ1) is 23.9. The van der Waals surface area contributed by atoms with Gasteiger partial charge in [0.2, 0.25) is 0 Å². The van der Waals surface area contributed by atoms with Gasteiger partial charge in [-0.1, -0.05) is 94.4 Å². The minimum Gasteiger partial charge on any atom is -0.405 e. The molecule has 1 N–H and O–H groups in total. The Bertz CT molecular complexity index is 934. The summed E-state index contributed by atoms with van der Waals surface area (Å²) in [7, 11) is -6.60. The zero-order valence-electron chi connectivity index (χ0n) is 18.7. The molecule has 168 valence electrons. The van der Waals surface area contributed by atoms with Crippen LogP contribution in [0.15, 0.2) is 73.3 Å². The van der Waals surface area contributed by atoms with E-state index in [4.69, 9.17) is 8.61 Å². The number of hydrogen-bond acceptors (Lipinski definition) is 4. The predicted octanol–water partition coefficient (Wildman–Crippen LogP) is 3.38. The Morgan fingerprint density at radius 3 is 2.03 bits per heavy atom. The van der Waals surface area contributed by atoms with Gasteiger partial charge in [0.05, 0.1) is 6.61 Å². The Kier molecular flexibility index (Phi) is 7.23. The minimum absolute atomic E-state index is 0.0558. The Balaban J connectivity index is 2.02. The van der Waals surface area contributed by atoms with E-state index >= 15 is 0 Å². The van der Waals surface area contributed by atoms with Crippen LogP contribution >= 0.6 is 0 Å². The quantitative estimate of drug-likeness (QED) is 0.509. The van der Waals surface area contributed by atoms with Crippen molar-refractivity contribution in [2.75, 3.05) is 6.61 Å². The van der Waals surface area contributed by atoms with Crippen molar-refractivity contribution in [2.24, 2.45) is 5.92 Å². The molecule has 2 aromatic carbocycles. The van der Waals surface area contributed by atoms with Crippen LogP contribution in [0.5, 0.6) is 0 Å². The van der Waals surface area contributed by atoms with E-state index in [1.807, 2.05) is 43.3 Å². The third-order valence-corrected chi connectivity index (χ3v) is 12.2. The number of hydrogen-bond donors (Lipinski definition) is 1. The van der Waals surface area contributed by atoms with Crippen molar-refractivity contribution >= 4 is 29.0 Å². The second-order valence-corrected chi connectivity index (χ2v) is 14.8. The van der Waals surface area contributed by atoms with Crippen LogP contribution in [0.4, 0.5) is 0 Å². The van der Waals surface area contributed by atoms with Crippen molar-refractivity contribution in [3.05, 3.63) is 73.3 Å². The standard InChI is InChI=1S/C24H33NO4SSi/c1-6-13-22-19(2)23(29-30(26,27)25-22)18-28-31(24(3,4)5,20-14-9-7-10-15-20)21-16-11-8-12-17-21/h6-12,14-17,19,22-23,25H,1,13,18H2,2-5H3/t19-,22-,23+/m1/s1. The van der Waals surface area contributed by atoms with Crippen LogP contribution in [0.1, 0.15) is 34.1 Å². The van der Waals surface area contributed by atoms with Gasteiger partial charge >= 0.3 is 10.3 Å². The molecule has 1 fully saturated rings. The van der Waals surface area contributed by atoms with E-state index in [0.717, 1.165) is 10.4 Å².